The number of hydrogen-bond donors (Lipinski definition) is 1. The summed E-state index contributed by atoms with van der Waals surface area (Å²) >= 11 is 1.59. The number of carbonyl (C=O) groups is 1. The molecule has 0 spiro atoms. The molecule has 0 bridgehead atoms. The van der Waals surface area contributed by atoms with Gasteiger partial charge in [0.25, 0.3) is 0 Å². The molecule has 1 aromatic carbocycles. The molecule has 3 rings (SSSR count). The van der Waals surface area contributed by atoms with Crippen molar-refractivity contribution in [2.75, 3.05) is 0 Å². The van der Waals surface area contributed by atoms with E-state index in [1.54, 1.807) is 35.7 Å². The minimum atomic E-state index is -0.315. The SMILES string of the molecule is N#Cc1cccc(/C=C/C(=O)NC2(c3nccs3)CCCC2)c1. The van der Waals surface area contributed by atoms with Crippen molar-refractivity contribution in [2.24, 2.45) is 0 Å². The third-order valence-corrected chi connectivity index (χ3v) is 5.08. The number of hydrogen-bond acceptors (Lipinski definition) is 4. The highest BCUT2D eigenvalue weighted by Gasteiger charge is 2.38. The Hall–Kier alpha value is -2.45. The number of benzene rings is 1. The third kappa shape index (κ3) is 3.49. The maximum absolute atomic E-state index is 12.3. The van der Waals surface area contributed by atoms with Gasteiger partial charge in [-0.15, -0.1) is 11.3 Å². The summed E-state index contributed by atoms with van der Waals surface area (Å²) in [7, 11) is 0. The van der Waals surface area contributed by atoms with E-state index >= 15 is 0 Å². The van der Waals surface area contributed by atoms with Crippen LogP contribution in [-0.4, -0.2) is 10.9 Å². The van der Waals surface area contributed by atoms with Gasteiger partial charge in [0.05, 0.1) is 17.2 Å². The number of nitrogens with zero attached hydrogens (tertiary/aromatic N) is 2. The maximum Gasteiger partial charge on any atom is 0.244 e. The van der Waals surface area contributed by atoms with Gasteiger partial charge in [-0.1, -0.05) is 25.0 Å². The van der Waals surface area contributed by atoms with Crippen LogP contribution in [0.3, 0.4) is 0 Å². The largest absolute Gasteiger partial charge is 0.341 e. The third-order valence-electron chi connectivity index (χ3n) is 4.10. The van der Waals surface area contributed by atoms with Crippen LogP contribution in [-0.2, 0) is 10.3 Å². The fourth-order valence-electron chi connectivity index (χ4n) is 2.99. The molecule has 5 heteroatoms. The van der Waals surface area contributed by atoms with E-state index in [2.05, 4.69) is 16.4 Å². The normalized spacial score (nSPS) is 16.3. The molecule has 0 aliphatic heterocycles. The molecule has 0 radical (unpaired) electrons. The van der Waals surface area contributed by atoms with Gasteiger partial charge in [-0.25, -0.2) is 4.98 Å². The van der Waals surface area contributed by atoms with Gasteiger partial charge in [-0.2, -0.15) is 5.26 Å². The van der Waals surface area contributed by atoms with Crippen LogP contribution in [0.25, 0.3) is 6.08 Å². The molecule has 1 fully saturated rings. The fraction of sp³-hybridized carbons (Fsp3) is 0.278. The predicted octanol–water partition coefficient (Wildman–Crippen LogP) is 3.61. The highest BCUT2D eigenvalue weighted by molar-refractivity contribution is 7.09. The van der Waals surface area contributed by atoms with Crippen LogP contribution >= 0.6 is 11.3 Å². The molecule has 1 aliphatic carbocycles. The summed E-state index contributed by atoms with van der Waals surface area (Å²) in [5.41, 5.74) is 1.11. The van der Waals surface area contributed by atoms with Crippen LogP contribution in [0, 0.1) is 11.3 Å². The molecule has 23 heavy (non-hydrogen) atoms. The Morgan fingerprint density at radius 2 is 2.22 bits per heavy atom. The number of rotatable bonds is 4. The topological polar surface area (TPSA) is 65.8 Å². The summed E-state index contributed by atoms with van der Waals surface area (Å²) in [6.45, 7) is 0. The molecule has 1 amide bonds. The summed E-state index contributed by atoms with van der Waals surface area (Å²) in [6.07, 6.45) is 9.13. The Labute approximate surface area is 139 Å². The first-order chi connectivity index (χ1) is 11.2. The smallest absolute Gasteiger partial charge is 0.244 e. The van der Waals surface area contributed by atoms with E-state index in [0.717, 1.165) is 36.3 Å². The van der Waals surface area contributed by atoms with Gasteiger partial charge in [0.15, 0.2) is 0 Å². The van der Waals surface area contributed by atoms with Gasteiger partial charge in [-0.05, 0) is 36.6 Å². The summed E-state index contributed by atoms with van der Waals surface area (Å²) in [4.78, 5) is 16.7. The van der Waals surface area contributed by atoms with Gasteiger partial charge >= 0.3 is 0 Å². The van der Waals surface area contributed by atoms with Gasteiger partial charge < -0.3 is 5.32 Å². The zero-order chi connectivity index (χ0) is 16.1. The molecule has 1 saturated carbocycles. The molecule has 0 unspecified atom stereocenters. The molecular weight excluding hydrogens is 306 g/mol. The first-order valence-corrected chi connectivity index (χ1v) is 8.50. The van der Waals surface area contributed by atoms with E-state index in [-0.39, 0.29) is 11.4 Å². The molecule has 2 aromatic rings. The van der Waals surface area contributed by atoms with Gasteiger partial charge in [-0.3, -0.25) is 4.79 Å². The Balaban J connectivity index is 1.73. The Bertz CT molecular complexity index is 753. The van der Waals surface area contributed by atoms with Crippen molar-refractivity contribution in [2.45, 2.75) is 31.2 Å². The maximum atomic E-state index is 12.3. The number of nitrogens with one attached hydrogen (secondary N) is 1. The molecule has 116 valence electrons. The standard InChI is InChI=1S/C18H17N3OS/c19-13-15-5-3-4-14(12-15)6-7-16(22)21-18(8-1-2-9-18)17-20-10-11-23-17/h3-7,10-12H,1-2,8-9H2,(H,21,22)/b7-6+. The van der Waals surface area contributed by atoms with E-state index in [0.29, 0.717) is 5.56 Å². The molecule has 1 aliphatic rings. The highest BCUT2D eigenvalue weighted by atomic mass is 32.1. The van der Waals surface area contributed by atoms with Crippen LogP contribution in [0.1, 0.15) is 41.8 Å². The van der Waals surface area contributed by atoms with Crippen LogP contribution in [0.2, 0.25) is 0 Å². The first-order valence-electron chi connectivity index (χ1n) is 7.62. The lowest BCUT2D eigenvalue weighted by Gasteiger charge is -2.27. The number of carbonyl (C=O) groups excluding carboxylic acids is 1. The number of nitriles is 1. The van der Waals surface area contributed by atoms with Crippen LogP contribution in [0.5, 0.6) is 0 Å². The van der Waals surface area contributed by atoms with Crippen LogP contribution < -0.4 is 5.32 Å². The van der Waals surface area contributed by atoms with Crippen molar-refractivity contribution in [3.8, 4) is 6.07 Å². The van der Waals surface area contributed by atoms with Crippen molar-refractivity contribution in [1.29, 1.82) is 5.26 Å². The summed E-state index contributed by atoms with van der Waals surface area (Å²) in [6, 6.07) is 9.28. The number of amides is 1. The van der Waals surface area contributed by atoms with Crippen molar-refractivity contribution >= 4 is 23.3 Å². The van der Waals surface area contributed by atoms with Crippen molar-refractivity contribution in [3.63, 3.8) is 0 Å². The van der Waals surface area contributed by atoms with Crippen LogP contribution in [0.15, 0.2) is 41.9 Å². The first kappa shape index (κ1) is 15.4. The van der Waals surface area contributed by atoms with Crippen molar-refractivity contribution < 1.29 is 4.79 Å². The van der Waals surface area contributed by atoms with E-state index < -0.39 is 0 Å². The van der Waals surface area contributed by atoms with Crippen LogP contribution in [0.4, 0.5) is 0 Å². The van der Waals surface area contributed by atoms with Gasteiger partial charge in [0, 0.05) is 17.7 Å². The quantitative estimate of drug-likeness (QED) is 0.874. The van der Waals surface area contributed by atoms with Crippen molar-refractivity contribution in [1.82, 2.24) is 10.3 Å². The molecule has 4 nitrogen and oxygen atoms in total. The average Bonchev–Trinajstić information content (AvgIpc) is 3.25. The molecule has 1 aromatic heterocycles. The van der Waals surface area contributed by atoms with E-state index in [1.807, 2.05) is 17.5 Å². The molecule has 1 heterocycles. The lowest BCUT2D eigenvalue weighted by Crippen LogP contribution is -2.43. The number of aromatic nitrogens is 1. The predicted molar refractivity (Wildman–Crippen MR) is 90.6 cm³/mol. The Kier molecular flexibility index (Phi) is 4.54. The zero-order valence-corrected chi connectivity index (χ0v) is 13.5. The summed E-state index contributed by atoms with van der Waals surface area (Å²) in [5.74, 6) is -0.121. The fourth-order valence-corrected chi connectivity index (χ4v) is 3.85. The molecule has 0 atom stereocenters. The monoisotopic (exact) mass is 323 g/mol. The summed E-state index contributed by atoms with van der Waals surface area (Å²) < 4.78 is 0. The van der Waals surface area contributed by atoms with E-state index in [9.17, 15) is 4.79 Å². The lowest BCUT2D eigenvalue weighted by atomic mass is 9.98. The highest BCUT2D eigenvalue weighted by Crippen LogP contribution is 2.39. The zero-order valence-electron chi connectivity index (χ0n) is 12.7. The second kappa shape index (κ2) is 6.76. The van der Waals surface area contributed by atoms with Gasteiger partial charge in [0.2, 0.25) is 5.91 Å². The van der Waals surface area contributed by atoms with E-state index in [4.69, 9.17) is 5.26 Å². The van der Waals surface area contributed by atoms with Gasteiger partial charge in [0.1, 0.15) is 5.01 Å². The van der Waals surface area contributed by atoms with Crippen molar-refractivity contribution in [3.05, 3.63) is 58.1 Å². The number of thiazole rings is 1. The van der Waals surface area contributed by atoms with E-state index in [1.165, 1.54) is 6.08 Å². The second-order valence-electron chi connectivity index (χ2n) is 5.69. The average molecular weight is 323 g/mol. The molecular formula is C18H17N3OS. The molecule has 0 saturated heterocycles. The second-order valence-corrected chi connectivity index (χ2v) is 6.58. The minimum absolute atomic E-state index is 0.121. The Morgan fingerprint density at radius 3 is 2.91 bits per heavy atom. The Morgan fingerprint density at radius 1 is 1.39 bits per heavy atom. The molecule has 1 N–H and O–H groups in total. The summed E-state index contributed by atoms with van der Waals surface area (Å²) in [5, 5.41) is 15.0. The lowest BCUT2D eigenvalue weighted by molar-refractivity contribution is -0.118. The minimum Gasteiger partial charge on any atom is -0.341 e.